The van der Waals surface area contributed by atoms with Gasteiger partial charge in [-0.1, -0.05) is 0 Å². The summed E-state index contributed by atoms with van der Waals surface area (Å²) >= 11 is 0. The molecule has 0 spiro atoms. The van der Waals surface area contributed by atoms with Crippen LogP contribution in [0.5, 0.6) is 0 Å². The number of amides is 1. The maximum atomic E-state index is 10.8. The van der Waals surface area contributed by atoms with Crippen molar-refractivity contribution < 1.29 is 9.21 Å². The summed E-state index contributed by atoms with van der Waals surface area (Å²) in [6, 6.07) is 6.35. The van der Waals surface area contributed by atoms with Crippen LogP contribution in [0.25, 0.3) is 11.1 Å². The van der Waals surface area contributed by atoms with E-state index in [4.69, 9.17) is 15.4 Å². The van der Waals surface area contributed by atoms with Gasteiger partial charge in [0.05, 0.1) is 0 Å². The first-order valence-electron chi connectivity index (χ1n) is 3.81. The van der Waals surface area contributed by atoms with E-state index in [1.807, 2.05) is 0 Å². The van der Waals surface area contributed by atoms with E-state index in [0.717, 1.165) is 0 Å². The minimum atomic E-state index is -0.540. The van der Waals surface area contributed by atoms with Crippen LogP contribution in [0.15, 0.2) is 22.6 Å². The third-order valence-electron chi connectivity index (χ3n) is 1.77. The van der Waals surface area contributed by atoms with Gasteiger partial charge in [0.1, 0.15) is 5.52 Å². The molecule has 5 heteroatoms. The summed E-state index contributed by atoms with van der Waals surface area (Å²) in [6.07, 6.45) is 0. The Morgan fingerprint density at radius 2 is 2.36 bits per heavy atom. The molecule has 2 N–H and O–H groups in total. The van der Waals surface area contributed by atoms with Crippen molar-refractivity contribution in [2.75, 3.05) is 0 Å². The van der Waals surface area contributed by atoms with Gasteiger partial charge >= 0.3 is 5.89 Å². The van der Waals surface area contributed by atoms with E-state index in [2.05, 4.69) is 4.98 Å². The fourth-order valence-corrected chi connectivity index (χ4v) is 1.13. The van der Waals surface area contributed by atoms with Crippen molar-refractivity contribution in [1.82, 2.24) is 4.98 Å². The molecule has 1 aromatic heterocycles. The number of rotatable bonds is 1. The van der Waals surface area contributed by atoms with Gasteiger partial charge < -0.3 is 10.2 Å². The maximum absolute atomic E-state index is 10.8. The Bertz CT molecular complexity index is 551. The molecule has 0 aliphatic carbocycles. The van der Waals surface area contributed by atoms with Gasteiger partial charge in [-0.15, -0.1) is 0 Å². The Labute approximate surface area is 78.8 Å². The zero-order valence-corrected chi connectivity index (χ0v) is 7.02. The second-order valence-electron chi connectivity index (χ2n) is 2.68. The average Bonchev–Trinajstić information content (AvgIpc) is 2.58. The van der Waals surface area contributed by atoms with Gasteiger partial charge in [-0.2, -0.15) is 10.2 Å². The topological polar surface area (TPSA) is 92.9 Å². The summed E-state index contributed by atoms with van der Waals surface area (Å²) in [6.45, 7) is 0. The lowest BCUT2D eigenvalue weighted by Gasteiger charge is -1.92. The predicted octanol–water partition coefficient (Wildman–Crippen LogP) is 0.798. The number of aromatic nitrogens is 1. The van der Waals surface area contributed by atoms with Crippen LogP contribution in [0.1, 0.15) is 16.2 Å². The number of hydrogen-bond donors (Lipinski definition) is 1. The van der Waals surface area contributed by atoms with Gasteiger partial charge in [-0.25, -0.2) is 0 Å². The molecule has 0 saturated carbocycles. The van der Waals surface area contributed by atoms with Gasteiger partial charge in [0.15, 0.2) is 11.7 Å². The van der Waals surface area contributed by atoms with Crippen molar-refractivity contribution in [1.29, 1.82) is 5.26 Å². The summed E-state index contributed by atoms with van der Waals surface area (Å²) < 4.78 is 5.03. The number of fused-ring (bicyclic) bond motifs is 1. The molecule has 0 unspecified atom stereocenters. The molecule has 0 bridgehead atoms. The molecule has 5 nitrogen and oxygen atoms in total. The van der Waals surface area contributed by atoms with E-state index in [-0.39, 0.29) is 5.89 Å². The van der Waals surface area contributed by atoms with Gasteiger partial charge in [0.2, 0.25) is 5.91 Å². The first kappa shape index (κ1) is 8.26. The van der Waals surface area contributed by atoms with Crippen LogP contribution in [0.2, 0.25) is 0 Å². The molecule has 1 amide bonds. The maximum Gasteiger partial charge on any atom is 0.301 e. The van der Waals surface area contributed by atoms with Crippen LogP contribution in [-0.2, 0) is 0 Å². The van der Waals surface area contributed by atoms with Crippen LogP contribution >= 0.6 is 0 Å². The van der Waals surface area contributed by atoms with E-state index in [9.17, 15) is 4.79 Å². The lowest BCUT2D eigenvalue weighted by atomic mass is 10.2. The first-order valence-corrected chi connectivity index (χ1v) is 3.81. The largest absolute Gasteiger partial charge is 0.428 e. The minimum Gasteiger partial charge on any atom is -0.428 e. The number of benzene rings is 1. The molecule has 1 aromatic carbocycles. The average molecular weight is 187 g/mol. The zero-order chi connectivity index (χ0) is 10.1. The van der Waals surface area contributed by atoms with Crippen molar-refractivity contribution in [2.45, 2.75) is 0 Å². The first-order chi connectivity index (χ1) is 6.70. The van der Waals surface area contributed by atoms with Crippen LogP contribution in [0.4, 0.5) is 0 Å². The van der Waals surface area contributed by atoms with E-state index < -0.39 is 5.91 Å². The Morgan fingerprint density at radius 1 is 1.57 bits per heavy atom. The molecule has 0 aliphatic heterocycles. The molecular weight excluding hydrogens is 182 g/mol. The lowest BCUT2D eigenvalue weighted by Crippen LogP contribution is -2.10. The van der Waals surface area contributed by atoms with Crippen molar-refractivity contribution in [2.24, 2.45) is 5.73 Å². The van der Waals surface area contributed by atoms with Crippen molar-refractivity contribution in [3.05, 3.63) is 29.7 Å². The highest BCUT2D eigenvalue weighted by molar-refractivity contribution is 5.95. The third kappa shape index (κ3) is 1.19. The van der Waals surface area contributed by atoms with Crippen molar-refractivity contribution in [3.63, 3.8) is 0 Å². The number of carbonyl (C=O) groups is 1. The third-order valence-corrected chi connectivity index (χ3v) is 1.77. The smallest absolute Gasteiger partial charge is 0.301 e. The fourth-order valence-electron chi connectivity index (χ4n) is 1.13. The molecule has 0 aliphatic rings. The highest BCUT2D eigenvalue weighted by Crippen LogP contribution is 2.16. The molecule has 68 valence electrons. The number of carbonyl (C=O) groups excluding carboxylic acids is 1. The van der Waals surface area contributed by atoms with Crippen LogP contribution < -0.4 is 5.73 Å². The second-order valence-corrected chi connectivity index (χ2v) is 2.68. The molecule has 0 saturated heterocycles. The van der Waals surface area contributed by atoms with E-state index in [1.54, 1.807) is 12.1 Å². The Morgan fingerprint density at radius 3 is 3.00 bits per heavy atom. The van der Waals surface area contributed by atoms with E-state index >= 15 is 0 Å². The molecular formula is C9H5N3O2. The number of nitrogens with two attached hydrogens (primary N) is 1. The Kier molecular flexibility index (Phi) is 1.68. The molecule has 2 rings (SSSR count). The summed E-state index contributed by atoms with van der Waals surface area (Å²) in [5.41, 5.74) is 6.33. The number of hydrogen-bond acceptors (Lipinski definition) is 4. The highest BCUT2D eigenvalue weighted by Gasteiger charge is 2.07. The molecule has 0 radical (unpaired) electrons. The molecule has 2 aromatic rings. The van der Waals surface area contributed by atoms with Gasteiger partial charge in [0.25, 0.3) is 0 Å². The summed E-state index contributed by atoms with van der Waals surface area (Å²) in [4.78, 5) is 14.7. The predicted molar refractivity (Wildman–Crippen MR) is 47.2 cm³/mol. The second kappa shape index (κ2) is 2.85. The van der Waals surface area contributed by atoms with Crippen LogP contribution in [0, 0.1) is 11.3 Å². The van der Waals surface area contributed by atoms with Gasteiger partial charge in [-0.05, 0) is 18.2 Å². The lowest BCUT2D eigenvalue weighted by molar-refractivity contribution is 0.100. The van der Waals surface area contributed by atoms with E-state index in [0.29, 0.717) is 16.7 Å². The van der Waals surface area contributed by atoms with Crippen LogP contribution in [0.3, 0.4) is 0 Å². The number of nitrogens with zero attached hydrogens (tertiary/aromatic N) is 2. The SMILES string of the molecule is N#Cc1nc2ccc(C(N)=O)cc2o1. The standard InChI is InChI=1S/C9H5N3O2/c10-4-8-12-6-2-1-5(9(11)13)3-7(6)14-8/h1-3H,(H2,11,13). The minimum absolute atomic E-state index is 0.0263. The summed E-state index contributed by atoms with van der Waals surface area (Å²) in [7, 11) is 0. The monoisotopic (exact) mass is 187 g/mol. The highest BCUT2D eigenvalue weighted by atomic mass is 16.3. The van der Waals surface area contributed by atoms with Crippen molar-refractivity contribution >= 4 is 17.0 Å². The van der Waals surface area contributed by atoms with E-state index in [1.165, 1.54) is 12.1 Å². The quantitative estimate of drug-likeness (QED) is 0.714. The molecule has 14 heavy (non-hydrogen) atoms. The Hall–Kier alpha value is -2.35. The number of primary amides is 1. The molecule has 0 atom stereocenters. The van der Waals surface area contributed by atoms with Crippen molar-refractivity contribution in [3.8, 4) is 6.07 Å². The van der Waals surface area contributed by atoms with Gasteiger partial charge in [-0.3, -0.25) is 4.79 Å². The fraction of sp³-hybridized carbons (Fsp3) is 0. The Balaban J connectivity index is 2.66. The van der Waals surface area contributed by atoms with Gasteiger partial charge in [0, 0.05) is 5.56 Å². The van der Waals surface area contributed by atoms with Crippen LogP contribution in [-0.4, -0.2) is 10.9 Å². The normalized spacial score (nSPS) is 9.93. The molecule has 0 fully saturated rings. The molecule has 1 heterocycles. The summed E-state index contributed by atoms with van der Waals surface area (Å²) in [5, 5.41) is 8.52. The number of oxazole rings is 1. The zero-order valence-electron chi connectivity index (χ0n) is 7.02. The number of nitriles is 1. The summed E-state index contributed by atoms with van der Waals surface area (Å²) in [5.74, 6) is -0.566.